The van der Waals surface area contributed by atoms with Crippen molar-refractivity contribution < 1.29 is 22.7 Å². The van der Waals surface area contributed by atoms with E-state index in [1.807, 2.05) is 17.0 Å². The largest absolute Gasteiger partial charge is 0.417 e. The van der Waals surface area contributed by atoms with Crippen LogP contribution in [0.2, 0.25) is 0 Å². The number of carbonyl (C=O) groups excluding carboxylic acids is 1. The van der Waals surface area contributed by atoms with E-state index in [9.17, 15) is 22.8 Å². The maximum absolute atomic E-state index is 12.7. The van der Waals surface area contributed by atoms with Crippen LogP contribution in [0.4, 0.5) is 19.0 Å². The van der Waals surface area contributed by atoms with E-state index in [1.165, 1.54) is 6.07 Å². The number of piperazine rings is 1. The molecule has 1 amide bonds. The Morgan fingerprint density at radius 2 is 1.82 bits per heavy atom. The molecular weight excluding hydrogens is 451 g/mol. The third kappa shape index (κ3) is 5.53. The summed E-state index contributed by atoms with van der Waals surface area (Å²) in [7, 11) is 0. The smallest absolute Gasteiger partial charge is 0.381 e. The molecule has 1 aliphatic heterocycles. The van der Waals surface area contributed by atoms with E-state index in [0.29, 0.717) is 50.4 Å². The molecule has 2 aromatic heterocycles. The summed E-state index contributed by atoms with van der Waals surface area (Å²) in [5, 5.41) is 7.63. The Kier molecular flexibility index (Phi) is 7.11. The molecule has 0 aliphatic carbocycles. The first-order chi connectivity index (χ1) is 16.3. The van der Waals surface area contributed by atoms with Gasteiger partial charge in [-0.05, 0) is 30.2 Å². The number of alkyl halides is 3. The quantitative estimate of drug-likeness (QED) is 0.529. The van der Waals surface area contributed by atoms with E-state index in [-0.39, 0.29) is 24.5 Å². The first-order valence-corrected chi connectivity index (χ1v) is 10.9. The van der Waals surface area contributed by atoms with Gasteiger partial charge in [-0.2, -0.15) is 18.3 Å². The van der Waals surface area contributed by atoms with Gasteiger partial charge in [-0.3, -0.25) is 9.59 Å². The van der Waals surface area contributed by atoms with Crippen molar-refractivity contribution in [3.05, 3.63) is 64.2 Å². The number of ether oxygens (including phenoxy) is 1. The predicted octanol–water partition coefficient (Wildman–Crippen LogP) is 2.63. The number of hydrogen-bond donors (Lipinski definition) is 1. The molecule has 0 spiro atoms. The lowest BCUT2D eigenvalue weighted by molar-refractivity contribution is -0.138. The van der Waals surface area contributed by atoms with Crippen molar-refractivity contribution in [1.82, 2.24) is 20.1 Å². The SMILES string of the molecule is O=C(CCOCCc1cccc2c(=O)[nH]ncc12)N1CCN(c2ccc(C(F)(F)F)cn2)CC1. The summed E-state index contributed by atoms with van der Waals surface area (Å²) in [5.41, 5.74) is -0.0636. The molecule has 0 atom stereocenters. The number of carbonyl (C=O) groups is 1. The summed E-state index contributed by atoms with van der Waals surface area (Å²) in [4.78, 5) is 31.8. The van der Waals surface area contributed by atoms with Gasteiger partial charge in [0, 0.05) is 37.8 Å². The van der Waals surface area contributed by atoms with Gasteiger partial charge < -0.3 is 14.5 Å². The van der Waals surface area contributed by atoms with Crippen molar-refractivity contribution in [3.63, 3.8) is 0 Å². The zero-order chi connectivity index (χ0) is 24.1. The van der Waals surface area contributed by atoms with Gasteiger partial charge in [0.1, 0.15) is 5.82 Å². The second-order valence-electron chi connectivity index (χ2n) is 7.96. The van der Waals surface area contributed by atoms with Gasteiger partial charge in [-0.15, -0.1) is 0 Å². The van der Waals surface area contributed by atoms with Gasteiger partial charge in [0.2, 0.25) is 5.91 Å². The first-order valence-electron chi connectivity index (χ1n) is 10.9. The Balaban J connectivity index is 1.19. The molecule has 1 aliphatic rings. The number of aromatic nitrogens is 3. The lowest BCUT2D eigenvalue weighted by Crippen LogP contribution is -2.49. The molecule has 0 bridgehead atoms. The van der Waals surface area contributed by atoms with Crippen molar-refractivity contribution >= 4 is 22.5 Å². The number of aromatic amines is 1. The van der Waals surface area contributed by atoms with Crippen LogP contribution in [0.1, 0.15) is 17.5 Å². The number of fused-ring (bicyclic) bond motifs is 1. The van der Waals surface area contributed by atoms with Gasteiger partial charge in [0.25, 0.3) is 5.56 Å². The zero-order valence-electron chi connectivity index (χ0n) is 18.3. The molecule has 1 saturated heterocycles. The topological polar surface area (TPSA) is 91.4 Å². The van der Waals surface area contributed by atoms with Crippen molar-refractivity contribution in [3.8, 4) is 0 Å². The molecule has 3 aromatic rings. The number of amides is 1. The van der Waals surface area contributed by atoms with Crippen molar-refractivity contribution in [1.29, 1.82) is 0 Å². The van der Waals surface area contributed by atoms with E-state index in [4.69, 9.17) is 4.74 Å². The van der Waals surface area contributed by atoms with Crippen LogP contribution in [-0.4, -0.2) is 65.4 Å². The highest BCUT2D eigenvalue weighted by Gasteiger charge is 2.31. The van der Waals surface area contributed by atoms with E-state index >= 15 is 0 Å². The zero-order valence-corrected chi connectivity index (χ0v) is 18.3. The summed E-state index contributed by atoms with van der Waals surface area (Å²) in [6.07, 6.45) is -1.12. The molecule has 0 radical (unpaired) electrons. The minimum atomic E-state index is -4.41. The van der Waals surface area contributed by atoms with Crippen molar-refractivity contribution in [2.24, 2.45) is 0 Å². The molecule has 1 N–H and O–H groups in total. The molecule has 0 unspecified atom stereocenters. The monoisotopic (exact) mass is 475 g/mol. The lowest BCUT2D eigenvalue weighted by Gasteiger charge is -2.35. The molecule has 11 heteroatoms. The molecule has 1 fully saturated rings. The third-order valence-corrected chi connectivity index (χ3v) is 5.81. The van der Waals surface area contributed by atoms with Gasteiger partial charge in [0.15, 0.2) is 0 Å². The molecular formula is C23H24F3N5O3. The Bertz CT molecular complexity index is 1190. The van der Waals surface area contributed by atoms with Crippen molar-refractivity contribution in [2.75, 3.05) is 44.3 Å². The fourth-order valence-electron chi connectivity index (χ4n) is 3.92. The van der Waals surface area contributed by atoms with Crippen LogP contribution in [0.3, 0.4) is 0 Å². The Morgan fingerprint density at radius 3 is 2.53 bits per heavy atom. The van der Waals surface area contributed by atoms with Gasteiger partial charge in [-0.25, -0.2) is 10.1 Å². The maximum Gasteiger partial charge on any atom is 0.417 e. The van der Waals surface area contributed by atoms with E-state index in [1.54, 1.807) is 17.2 Å². The second kappa shape index (κ2) is 10.2. The molecule has 0 saturated carbocycles. The van der Waals surface area contributed by atoms with Crippen LogP contribution >= 0.6 is 0 Å². The molecule has 8 nitrogen and oxygen atoms in total. The van der Waals surface area contributed by atoms with Gasteiger partial charge >= 0.3 is 6.18 Å². The highest BCUT2D eigenvalue weighted by molar-refractivity contribution is 5.83. The molecule has 180 valence electrons. The number of nitrogens with one attached hydrogen (secondary N) is 1. The number of H-pyrrole nitrogens is 1. The second-order valence-corrected chi connectivity index (χ2v) is 7.96. The Hall–Kier alpha value is -3.47. The van der Waals surface area contributed by atoms with Crippen LogP contribution in [0.15, 0.2) is 47.5 Å². The number of rotatable bonds is 7. The van der Waals surface area contributed by atoms with Crippen LogP contribution in [-0.2, 0) is 22.1 Å². The summed E-state index contributed by atoms with van der Waals surface area (Å²) >= 11 is 0. The summed E-state index contributed by atoms with van der Waals surface area (Å²) in [6, 6.07) is 7.85. The summed E-state index contributed by atoms with van der Waals surface area (Å²) in [5.74, 6) is 0.440. The summed E-state index contributed by atoms with van der Waals surface area (Å²) in [6.45, 7) is 2.63. The molecule has 3 heterocycles. The number of nitrogens with zero attached hydrogens (tertiary/aromatic N) is 4. The average molecular weight is 475 g/mol. The highest BCUT2D eigenvalue weighted by Crippen LogP contribution is 2.29. The van der Waals surface area contributed by atoms with E-state index < -0.39 is 11.7 Å². The molecule has 4 rings (SSSR count). The average Bonchev–Trinajstić information content (AvgIpc) is 2.84. The van der Waals surface area contributed by atoms with Crippen LogP contribution in [0.25, 0.3) is 10.8 Å². The minimum Gasteiger partial charge on any atom is -0.381 e. The predicted molar refractivity (Wildman–Crippen MR) is 120 cm³/mol. The van der Waals surface area contributed by atoms with Crippen LogP contribution in [0.5, 0.6) is 0 Å². The normalized spacial score (nSPS) is 14.6. The van der Waals surface area contributed by atoms with Gasteiger partial charge in [-0.1, -0.05) is 12.1 Å². The molecule has 1 aromatic carbocycles. The Labute approximate surface area is 193 Å². The number of pyridine rings is 1. The molecule has 34 heavy (non-hydrogen) atoms. The minimum absolute atomic E-state index is 0.0269. The lowest BCUT2D eigenvalue weighted by atomic mass is 10.1. The summed E-state index contributed by atoms with van der Waals surface area (Å²) < 4.78 is 43.7. The van der Waals surface area contributed by atoms with E-state index in [2.05, 4.69) is 15.2 Å². The number of halogens is 3. The highest BCUT2D eigenvalue weighted by atomic mass is 19.4. The third-order valence-electron chi connectivity index (χ3n) is 5.81. The fourth-order valence-corrected chi connectivity index (χ4v) is 3.92. The first kappa shape index (κ1) is 23.7. The number of anilines is 1. The van der Waals surface area contributed by atoms with E-state index in [0.717, 1.165) is 23.2 Å². The standard InChI is InChI=1S/C23H24F3N5O3/c24-23(25,26)17-4-5-20(27-14-17)30-8-10-31(11-9-30)21(32)7-13-34-12-6-16-2-1-3-18-19(16)15-28-29-22(18)33/h1-5,14-15H,6-13H2,(H,29,33). The number of benzene rings is 1. The Morgan fingerprint density at radius 1 is 1.03 bits per heavy atom. The fraction of sp³-hybridized carbons (Fsp3) is 0.391. The van der Waals surface area contributed by atoms with Crippen molar-refractivity contribution in [2.45, 2.75) is 19.0 Å². The van der Waals surface area contributed by atoms with Crippen LogP contribution in [0, 0.1) is 0 Å². The van der Waals surface area contributed by atoms with Crippen LogP contribution < -0.4 is 10.5 Å². The maximum atomic E-state index is 12.7. The van der Waals surface area contributed by atoms with Gasteiger partial charge in [0.05, 0.1) is 36.8 Å². The number of hydrogen-bond acceptors (Lipinski definition) is 6.